The summed E-state index contributed by atoms with van der Waals surface area (Å²) in [4.78, 5) is 4.14. The molecule has 1 N–H and O–H groups in total. The standard InChI is InChI=1S/C30H36N6S/c1-29(2)13-21(25(19-33)23(14-29)22(17-31)18-32)11-9-7-6-8-10-12-36-26-16-30(3,4)15-24(28(26)37)27(20-34)35-5/h36-37H,6-16H2,1-4H3/b27-24+. The number of nitrogens with zero attached hydrogens (tertiary/aromatic N) is 5. The Balaban J connectivity index is 1.89. The van der Waals surface area contributed by atoms with Crippen LogP contribution >= 0.6 is 12.6 Å². The molecule has 37 heavy (non-hydrogen) atoms. The van der Waals surface area contributed by atoms with E-state index in [2.05, 4.69) is 56.6 Å². The third-order valence-electron chi connectivity index (χ3n) is 7.02. The minimum absolute atomic E-state index is 0.0301. The summed E-state index contributed by atoms with van der Waals surface area (Å²) in [5.41, 5.74) is 4.10. The monoisotopic (exact) mass is 512 g/mol. The fourth-order valence-corrected chi connectivity index (χ4v) is 5.69. The van der Waals surface area contributed by atoms with Crippen molar-refractivity contribution in [1.82, 2.24) is 5.32 Å². The van der Waals surface area contributed by atoms with Crippen LogP contribution in [0.1, 0.15) is 91.9 Å². The third kappa shape index (κ3) is 8.02. The van der Waals surface area contributed by atoms with E-state index in [9.17, 15) is 21.0 Å². The van der Waals surface area contributed by atoms with Gasteiger partial charge in [0, 0.05) is 17.1 Å². The molecular formula is C30H36N6S. The van der Waals surface area contributed by atoms with Gasteiger partial charge in [0.1, 0.15) is 17.7 Å². The Labute approximate surface area is 227 Å². The lowest BCUT2D eigenvalue weighted by atomic mass is 9.70. The van der Waals surface area contributed by atoms with Gasteiger partial charge in [0.05, 0.1) is 24.3 Å². The lowest BCUT2D eigenvalue weighted by Crippen LogP contribution is -2.27. The molecule has 0 aromatic rings. The maximum Gasteiger partial charge on any atom is 0.266 e. The molecule has 2 aliphatic carbocycles. The van der Waals surface area contributed by atoms with E-state index in [1.165, 1.54) is 0 Å². The second-order valence-electron chi connectivity index (χ2n) is 11.5. The van der Waals surface area contributed by atoms with E-state index in [4.69, 9.17) is 6.57 Å². The average molecular weight is 513 g/mol. The molecule has 2 aliphatic rings. The molecule has 0 aliphatic heterocycles. The largest absolute Gasteiger partial charge is 0.387 e. The number of hydrogen-bond donors (Lipinski definition) is 2. The highest BCUT2D eigenvalue weighted by Crippen LogP contribution is 2.45. The van der Waals surface area contributed by atoms with E-state index in [0.29, 0.717) is 24.0 Å². The van der Waals surface area contributed by atoms with E-state index in [1.54, 1.807) is 0 Å². The van der Waals surface area contributed by atoms with Crippen LogP contribution in [0.3, 0.4) is 0 Å². The molecule has 0 bridgehead atoms. The topological polar surface area (TPSA) is 112 Å². The van der Waals surface area contributed by atoms with Gasteiger partial charge in [-0.15, -0.1) is 12.6 Å². The Hall–Kier alpha value is -3.44. The van der Waals surface area contributed by atoms with Crippen molar-refractivity contribution in [3.8, 4) is 24.3 Å². The van der Waals surface area contributed by atoms with Gasteiger partial charge in [0.2, 0.25) is 0 Å². The zero-order valence-corrected chi connectivity index (χ0v) is 23.4. The van der Waals surface area contributed by atoms with Crippen molar-refractivity contribution < 1.29 is 0 Å². The van der Waals surface area contributed by atoms with Gasteiger partial charge < -0.3 is 5.32 Å². The first kappa shape index (κ1) is 29.8. The van der Waals surface area contributed by atoms with Crippen LogP contribution in [-0.4, -0.2) is 6.54 Å². The Kier molecular flexibility index (Phi) is 10.6. The number of unbranched alkanes of at least 4 members (excludes halogenated alkanes) is 4. The summed E-state index contributed by atoms with van der Waals surface area (Å²) in [7, 11) is 0. The van der Waals surface area contributed by atoms with Gasteiger partial charge in [-0.05, 0) is 66.9 Å². The van der Waals surface area contributed by atoms with Gasteiger partial charge in [0.25, 0.3) is 5.70 Å². The van der Waals surface area contributed by atoms with Crippen molar-refractivity contribution in [3.63, 3.8) is 0 Å². The molecule has 6 nitrogen and oxygen atoms in total. The van der Waals surface area contributed by atoms with Crippen LogP contribution in [0.4, 0.5) is 0 Å². The van der Waals surface area contributed by atoms with Gasteiger partial charge in [-0.25, -0.2) is 10.1 Å². The molecule has 0 radical (unpaired) electrons. The van der Waals surface area contributed by atoms with E-state index >= 15 is 0 Å². The smallest absolute Gasteiger partial charge is 0.266 e. The first-order valence-corrected chi connectivity index (χ1v) is 13.3. The molecule has 0 saturated carbocycles. The average Bonchev–Trinajstić information content (AvgIpc) is 2.84. The molecule has 0 heterocycles. The summed E-state index contributed by atoms with van der Waals surface area (Å²) in [6.07, 6.45) is 8.95. The van der Waals surface area contributed by atoms with Crippen LogP contribution in [0.5, 0.6) is 0 Å². The summed E-state index contributed by atoms with van der Waals surface area (Å²) < 4.78 is 0. The molecule has 0 atom stereocenters. The van der Waals surface area contributed by atoms with Crippen molar-refractivity contribution in [3.05, 3.63) is 55.6 Å². The first-order valence-electron chi connectivity index (χ1n) is 12.9. The highest BCUT2D eigenvalue weighted by Gasteiger charge is 2.33. The Morgan fingerprint density at radius 1 is 0.865 bits per heavy atom. The maximum absolute atomic E-state index is 9.77. The van der Waals surface area contributed by atoms with Crippen LogP contribution in [0, 0.1) is 62.7 Å². The Bertz CT molecular complexity index is 1210. The number of nitrogens with one attached hydrogen (secondary N) is 1. The highest BCUT2D eigenvalue weighted by atomic mass is 32.1. The predicted molar refractivity (Wildman–Crippen MR) is 148 cm³/mol. The quantitative estimate of drug-likeness (QED) is 0.143. The second-order valence-corrected chi connectivity index (χ2v) is 12.0. The molecule has 0 aromatic heterocycles. The minimum Gasteiger partial charge on any atom is -0.387 e. The van der Waals surface area contributed by atoms with Crippen molar-refractivity contribution in [2.75, 3.05) is 6.54 Å². The van der Waals surface area contributed by atoms with E-state index < -0.39 is 0 Å². The van der Waals surface area contributed by atoms with Crippen LogP contribution in [-0.2, 0) is 0 Å². The summed E-state index contributed by atoms with van der Waals surface area (Å²) in [5.74, 6) is 0. The number of rotatable bonds is 9. The van der Waals surface area contributed by atoms with Crippen LogP contribution in [0.2, 0.25) is 0 Å². The molecule has 7 heteroatoms. The molecule has 2 rings (SSSR count). The summed E-state index contributed by atoms with van der Waals surface area (Å²) in [5, 5.41) is 41.3. The van der Waals surface area contributed by atoms with Crippen molar-refractivity contribution in [2.24, 2.45) is 10.8 Å². The zero-order chi connectivity index (χ0) is 27.6. The second kappa shape index (κ2) is 13.2. The zero-order valence-electron chi connectivity index (χ0n) is 22.5. The van der Waals surface area contributed by atoms with E-state index in [1.807, 2.05) is 18.2 Å². The lowest BCUT2D eigenvalue weighted by molar-refractivity contribution is 0.339. The minimum atomic E-state index is -0.0678. The van der Waals surface area contributed by atoms with Gasteiger partial charge in [-0.1, -0.05) is 52.5 Å². The van der Waals surface area contributed by atoms with Gasteiger partial charge >= 0.3 is 0 Å². The highest BCUT2D eigenvalue weighted by molar-refractivity contribution is 7.84. The molecule has 0 amide bonds. The Morgan fingerprint density at radius 2 is 1.46 bits per heavy atom. The molecule has 0 saturated heterocycles. The van der Waals surface area contributed by atoms with Crippen molar-refractivity contribution in [1.29, 1.82) is 21.0 Å². The summed E-state index contributed by atoms with van der Waals surface area (Å²) >= 11 is 4.66. The van der Waals surface area contributed by atoms with Gasteiger partial charge in [-0.3, -0.25) is 0 Å². The van der Waals surface area contributed by atoms with Gasteiger partial charge in [-0.2, -0.15) is 15.8 Å². The molecule has 192 valence electrons. The molecular weight excluding hydrogens is 476 g/mol. The lowest BCUT2D eigenvalue weighted by Gasteiger charge is -2.34. The SMILES string of the molecule is [C-]#[N+]/C(C#N)=C1\CC(C)(C)CC(NCCCCCCCC2=C(C#N)C(=C(C#N)C#N)CC(C)(C)C2)=C1S. The van der Waals surface area contributed by atoms with Crippen LogP contribution in [0.25, 0.3) is 4.85 Å². The molecule has 0 aromatic carbocycles. The van der Waals surface area contributed by atoms with E-state index in [0.717, 1.165) is 79.7 Å². The first-order chi connectivity index (χ1) is 17.5. The van der Waals surface area contributed by atoms with Crippen molar-refractivity contribution >= 4 is 12.6 Å². The molecule has 0 spiro atoms. The Morgan fingerprint density at radius 3 is 2.05 bits per heavy atom. The fourth-order valence-electron chi connectivity index (χ4n) is 5.35. The number of nitriles is 4. The summed E-state index contributed by atoms with van der Waals surface area (Å²) in [6, 6.07) is 8.25. The number of thiol groups is 1. The summed E-state index contributed by atoms with van der Waals surface area (Å²) in [6.45, 7) is 16.7. The molecule has 0 unspecified atom stereocenters. The number of hydrogen-bond acceptors (Lipinski definition) is 6. The normalized spacial score (nSPS) is 19.6. The third-order valence-corrected chi connectivity index (χ3v) is 7.56. The predicted octanol–water partition coefficient (Wildman–Crippen LogP) is 7.56. The van der Waals surface area contributed by atoms with Crippen LogP contribution in [0.15, 0.2) is 44.2 Å². The number of allylic oxidation sites excluding steroid dienone is 7. The van der Waals surface area contributed by atoms with E-state index in [-0.39, 0.29) is 22.1 Å². The van der Waals surface area contributed by atoms with Gasteiger partial charge in [0.15, 0.2) is 0 Å². The maximum atomic E-state index is 9.77. The molecule has 0 fully saturated rings. The van der Waals surface area contributed by atoms with Crippen molar-refractivity contribution in [2.45, 2.75) is 91.9 Å². The van der Waals surface area contributed by atoms with Crippen LogP contribution < -0.4 is 5.32 Å². The fraction of sp³-hybridized carbons (Fsp3) is 0.567.